The van der Waals surface area contributed by atoms with Crippen LogP contribution in [0.5, 0.6) is 0 Å². The lowest BCUT2D eigenvalue weighted by Gasteiger charge is -2.34. The SMILES string of the molecule is CC(=O)OC[C@@H](OC(C)=O)[C@@H](OC(C)=O)[C@H](OC(C)=O)[C@H](OC(C)=O)c1nnc2nc3c(nn12)c1ccccc1n3C. The largest absolute Gasteiger partial charge is 0.462 e. The maximum atomic E-state index is 12.4. The normalized spacial score (nSPS) is 14.1. The number of carbonyl (C=O) groups excluding carboxylic acids is 5. The van der Waals surface area contributed by atoms with E-state index in [0.29, 0.717) is 11.2 Å². The summed E-state index contributed by atoms with van der Waals surface area (Å²) in [5.41, 5.74) is 1.81. The third-order valence-corrected chi connectivity index (χ3v) is 6.01. The molecule has 0 saturated heterocycles. The van der Waals surface area contributed by atoms with Gasteiger partial charge in [0.2, 0.25) is 11.9 Å². The van der Waals surface area contributed by atoms with E-state index in [-0.39, 0.29) is 11.6 Å². The lowest BCUT2D eigenvalue weighted by Crippen LogP contribution is -2.50. The van der Waals surface area contributed by atoms with Gasteiger partial charge in [-0.05, 0) is 6.07 Å². The van der Waals surface area contributed by atoms with Gasteiger partial charge in [0.05, 0.1) is 5.52 Å². The number of fused-ring (bicyclic) bond motifs is 4. The van der Waals surface area contributed by atoms with Crippen molar-refractivity contribution in [1.82, 2.24) is 29.4 Å². The van der Waals surface area contributed by atoms with Crippen LogP contribution in [0.3, 0.4) is 0 Å². The standard InChI is InChI=1S/C26H28N6O10/c1-12(33)38-11-19(39-13(2)34)21(40-14(3)35)22(41-15(4)36)23(42-16(5)37)25-28-29-26-27-24-20(30-32(25)26)17-9-7-8-10-18(17)31(24)6/h7-10,19,21-23H,11H2,1-6H3/t19-,21-,22+,23+/m1/s1. The number of carbonyl (C=O) groups is 5. The Balaban J connectivity index is 1.93. The average Bonchev–Trinajstić information content (AvgIpc) is 3.44. The van der Waals surface area contributed by atoms with Gasteiger partial charge in [-0.2, -0.15) is 14.6 Å². The molecule has 0 fully saturated rings. The molecule has 0 aliphatic rings. The Bertz CT molecular complexity index is 1700. The van der Waals surface area contributed by atoms with E-state index < -0.39 is 60.9 Å². The van der Waals surface area contributed by atoms with Gasteiger partial charge in [-0.3, -0.25) is 24.0 Å². The molecule has 0 N–H and O–H groups in total. The molecule has 16 heteroatoms. The van der Waals surface area contributed by atoms with Gasteiger partial charge in [0.25, 0.3) is 5.78 Å². The molecule has 0 saturated carbocycles. The number of aromatic nitrogens is 6. The molecule has 0 radical (unpaired) electrons. The first-order chi connectivity index (χ1) is 19.9. The number of esters is 5. The topological polar surface area (TPSA) is 192 Å². The van der Waals surface area contributed by atoms with Gasteiger partial charge in [-0.25, -0.2) is 0 Å². The van der Waals surface area contributed by atoms with Crippen molar-refractivity contribution in [3.05, 3.63) is 30.1 Å². The van der Waals surface area contributed by atoms with Crippen molar-refractivity contribution in [2.24, 2.45) is 7.05 Å². The molecule has 16 nitrogen and oxygen atoms in total. The molecule has 4 atom stereocenters. The Kier molecular flexibility index (Phi) is 8.63. The average molecular weight is 585 g/mol. The smallest absolute Gasteiger partial charge is 0.303 e. The first-order valence-electron chi connectivity index (χ1n) is 12.7. The number of rotatable bonds is 10. The highest BCUT2D eigenvalue weighted by Gasteiger charge is 2.46. The molecule has 4 rings (SSSR count). The van der Waals surface area contributed by atoms with E-state index in [2.05, 4.69) is 20.3 Å². The monoisotopic (exact) mass is 584 g/mol. The molecule has 222 valence electrons. The van der Waals surface area contributed by atoms with Crippen LogP contribution in [0.4, 0.5) is 0 Å². The summed E-state index contributed by atoms with van der Waals surface area (Å²) in [7, 11) is 1.81. The summed E-state index contributed by atoms with van der Waals surface area (Å²) < 4.78 is 29.9. The Morgan fingerprint density at radius 2 is 1.40 bits per heavy atom. The van der Waals surface area contributed by atoms with Crippen LogP contribution in [0.25, 0.3) is 27.8 Å². The molecule has 3 heterocycles. The molecule has 4 aromatic rings. The number of para-hydroxylation sites is 1. The second-order valence-electron chi connectivity index (χ2n) is 9.26. The Morgan fingerprint density at radius 1 is 0.786 bits per heavy atom. The summed E-state index contributed by atoms with van der Waals surface area (Å²) in [6, 6.07) is 7.44. The molecule has 0 unspecified atom stereocenters. The minimum Gasteiger partial charge on any atom is -0.462 e. The second kappa shape index (κ2) is 12.2. The van der Waals surface area contributed by atoms with Gasteiger partial charge < -0.3 is 28.3 Å². The van der Waals surface area contributed by atoms with Gasteiger partial charge in [0.1, 0.15) is 12.1 Å². The van der Waals surface area contributed by atoms with Crippen molar-refractivity contribution in [3.8, 4) is 0 Å². The van der Waals surface area contributed by atoms with E-state index in [0.717, 1.165) is 45.5 Å². The van der Waals surface area contributed by atoms with Crippen molar-refractivity contribution < 1.29 is 47.7 Å². The number of benzene rings is 1. The highest BCUT2D eigenvalue weighted by molar-refractivity contribution is 6.04. The van der Waals surface area contributed by atoms with E-state index in [4.69, 9.17) is 23.7 Å². The van der Waals surface area contributed by atoms with Crippen LogP contribution >= 0.6 is 0 Å². The molecular formula is C26H28N6O10. The molecule has 0 bridgehead atoms. The van der Waals surface area contributed by atoms with Crippen LogP contribution < -0.4 is 0 Å². The van der Waals surface area contributed by atoms with E-state index in [1.54, 1.807) is 0 Å². The molecule has 42 heavy (non-hydrogen) atoms. The highest BCUT2D eigenvalue weighted by atomic mass is 16.6. The van der Waals surface area contributed by atoms with Gasteiger partial charge in [0.15, 0.2) is 24.0 Å². The van der Waals surface area contributed by atoms with Crippen LogP contribution in [0.1, 0.15) is 46.5 Å². The van der Waals surface area contributed by atoms with Crippen LogP contribution in [-0.4, -0.2) is 84.1 Å². The lowest BCUT2D eigenvalue weighted by molar-refractivity contribution is -0.204. The number of ether oxygens (including phenoxy) is 5. The van der Waals surface area contributed by atoms with Crippen molar-refractivity contribution in [2.75, 3.05) is 6.61 Å². The highest BCUT2D eigenvalue weighted by Crippen LogP contribution is 2.31. The lowest BCUT2D eigenvalue weighted by atomic mass is 10.0. The second-order valence-corrected chi connectivity index (χ2v) is 9.26. The van der Waals surface area contributed by atoms with Crippen LogP contribution in [0.2, 0.25) is 0 Å². The third-order valence-electron chi connectivity index (χ3n) is 6.01. The van der Waals surface area contributed by atoms with E-state index in [1.165, 1.54) is 4.52 Å². The Hall–Kier alpha value is -5.15. The van der Waals surface area contributed by atoms with Crippen molar-refractivity contribution in [2.45, 2.75) is 59.0 Å². The van der Waals surface area contributed by atoms with Gasteiger partial charge >= 0.3 is 29.8 Å². The molecule has 0 aliphatic carbocycles. The van der Waals surface area contributed by atoms with E-state index >= 15 is 0 Å². The molecule has 0 aliphatic heterocycles. The number of hydrogen-bond acceptors (Lipinski definition) is 14. The summed E-state index contributed by atoms with van der Waals surface area (Å²) in [4.78, 5) is 65.0. The summed E-state index contributed by atoms with van der Waals surface area (Å²) >= 11 is 0. The maximum absolute atomic E-state index is 12.4. The maximum Gasteiger partial charge on any atom is 0.303 e. The molecule has 3 aromatic heterocycles. The fourth-order valence-corrected chi connectivity index (χ4v) is 4.50. The minimum atomic E-state index is -1.69. The van der Waals surface area contributed by atoms with Gasteiger partial charge in [0, 0.05) is 47.1 Å². The van der Waals surface area contributed by atoms with Crippen LogP contribution in [0.15, 0.2) is 24.3 Å². The number of nitrogens with zero attached hydrogens (tertiary/aromatic N) is 6. The minimum absolute atomic E-state index is 0.0163. The first-order valence-corrected chi connectivity index (χ1v) is 12.7. The molecule has 0 spiro atoms. The summed E-state index contributed by atoms with van der Waals surface area (Å²) in [5, 5.41) is 13.6. The summed E-state index contributed by atoms with van der Waals surface area (Å²) in [5.74, 6) is -4.28. The quantitative estimate of drug-likeness (QED) is 0.190. The molecule has 0 amide bonds. The predicted molar refractivity (Wildman–Crippen MR) is 140 cm³/mol. The zero-order valence-electron chi connectivity index (χ0n) is 23.6. The number of aryl methyl sites for hydroxylation is 1. The number of hydrogen-bond donors (Lipinski definition) is 0. The molecular weight excluding hydrogens is 556 g/mol. The fourth-order valence-electron chi connectivity index (χ4n) is 4.50. The Morgan fingerprint density at radius 3 is 2.02 bits per heavy atom. The first kappa shape index (κ1) is 29.8. The van der Waals surface area contributed by atoms with Crippen LogP contribution in [0, 0.1) is 0 Å². The predicted octanol–water partition coefficient (Wildman–Crippen LogP) is 1.13. The van der Waals surface area contributed by atoms with Crippen molar-refractivity contribution >= 4 is 57.7 Å². The van der Waals surface area contributed by atoms with Crippen LogP contribution in [-0.2, 0) is 54.7 Å². The third kappa shape index (κ3) is 6.26. The fraction of sp³-hybridized carbons (Fsp3) is 0.423. The van der Waals surface area contributed by atoms with E-state index in [9.17, 15) is 24.0 Å². The van der Waals surface area contributed by atoms with Crippen molar-refractivity contribution in [1.29, 1.82) is 0 Å². The Labute approximate surface area is 237 Å². The zero-order chi connectivity index (χ0) is 30.7. The zero-order valence-corrected chi connectivity index (χ0v) is 23.6. The van der Waals surface area contributed by atoms with Gasteiger partial charge in [-0.15, -0.1) is 10.2 Å². The molecule has 1 aromatic carbocycles. The summed E-state index contributed by atoms with van der Waals surface area (Å²) in [6.07, 6.45) is -6.45. The summed E-state index contributed by atoms with van der Waals surface area (Å²) in [6.45, 7) is 4.83. The van der Waals surface area contributed by atoms with Gasteiger partial charge in [-0.1, -0.05) is 18.2 Å². The van der Waals surface area contributed by atoms with Crippen molar-refractivity contribution in [3.63, 3.8) is 0 Å². The van der Waals surface area contributed by atoms with E-state index in [1.807, 2.05) is 35.9 Å².